The van der Waals surface area contributed by atoms with Gasteiger partial charge in [-0.05, 0) is 44.4 Å². The summed E-state index contributed by atoms with van der Waals surface area (Å²) in [7, 11) is 0. The summed E-state index contributed by atoms with van der Waals surface area (Å²) in [5.74, 6) is 0.0261. The molecule has 0 atom stereocenters. The maximum Gasteiger partial charge on any atom is 0.259 e. The van der Waals surface area contributed by atoms with E-state index >= 15 is 0 Å². The summed E-state index contributed by atoms with van der Waals surface area (Å²) in [6.45, 7) is 6.00. The van der Waals surface area contributed by atoms with E-state index in [2.05, 4.69) is 15.2 Å². The van der Waals surface area contributed by atoms with Crippen LogP contribution in [0.25, 0.3) is 21.8 Å². The first-order valence-corrected chi connectivity index (χ1v) is 8.99. The van der Waals surface area contributed by atoms with Gasteiger partial charge in [0, 0.05) is 30.6 Å². The Kier molecular flexibility index (Phi) is 4.24. The lowest BCUT2D eigenvalue weighted by Gasteiger charge is -2.32. The lowest BCUT2D eigenvalue weighted by molar-refractivity contribution is 0.0146. The SMILES string of the molecule is CCOC1CCN(C(=O)c2cc3c(cc2C)[nH]c(=O)c2cn[nH]c23)CC1. The van der Waals surface area contributed by atoms with Crippen LogP contribution in [-0.4, -0.2) is 51.8 Å². The molecule has 136 valence electrons. The first-order chi connectivity index (χ1) is 12.6. The van der Waals surface area contributed by atoms with Gasteiger partial charge in [-0.15, -0.1) is 0 Å². The summed E-state index contributed by atoms with van der Waals surface area (Å²) in [5.41, 5.74) is 2.70. The van der Waals surface area contributed by atoms with Crippen molar-refractivity contribution in [2.24, 2.45) is 0 Å². The van der Waals surface area contributed by atoms with E-state index in [0.717, 1.165) is 23.8 Å². The van der Waals surface area contributed by atoms with Crippen molar-refractivity contribution < 1.29 is 9.53 Å². The van der Waals surface area contributed by atoms with Crippen molar-refractivity contribution in [3.8, 4) is 0 Å². The molecule has 0 saturated carbocycles. The number of benzene rings is 1. The molecule has 3 aromatic rings. The first kappa shape index (κ1) is 16.8. The highest BCUT2D eigenvalue weighted by Crippen LogP contribution is 2.25. The van der Waals surface area contributed by atoms with E-state index < -0.39 is 0 Å². The molecule has 1 amide bonds. The molecular weight excluding hydrogens is 332 g/mol. The molecule has 0 radical (unpaired) electrons. The molecule has 0 bridgehead atoms. The van der Waals surface area contributed by atoms with Crippen LogP contribution >= 0.6 is 0 Å². The van der Waals surface area contributed by atoms with Gasteiger partial charge in [0.1, 0.15) is 0 Å². The summed E-state index contributed by atoms with van der Waals surface area (Å²) >= 11 is 0. The molecular formula is C19H22N4O3. The van der Waals surface area contributed by atoms with E-state index in [4.69, 9.17) is 4.74 Å². The van der Waals surface area contributed by atoms with Crippen LogP contribution in [0.3, 0.4) is 0 Å². The Hall–Kier alpha value is -2.67. The Bertz CT molecular complexity index is 1030. The molecule has 7 heteroatoms. The number of amides is 1. The number of ether oxygens (including phenoxy) is 1. The van der Waals surface area contributed by atoms with E-state index in [0.29, 0.717) is 41.7 Å². The highest BCUT2D eigenvalue weighted by atomic mass is 16.5. The fourth-order valence-corrected chi connectivity index (χ4v) is 3.73. The second-order valence-electron chi connectivity index (χ2n) is 6.77. The second kappa shape index (κ2) is 6.57. The van der Waals surface area contributed by atoms with Crippen molar-refractivity contribution in [3.63, 3.8) is 0 Å². The number of rotatable bonds is 3. The molecule has 0 spiro atoms. The number of hydrogen-bond acceptors (Lipinski definition) is 4. The van der Waals surface area contributed by atoms with Gasteiger partial charge >= 0.3 is 0 Å². The van der Waals surface area contributed by atoms with E-state index in [-0.39, 0.29) is 17.6 Å². The fourth-order valence-electron chi connectivity index (χ4n) is 3.73. The van der Waals surface area contributed by atoms with Gasteiger partial charge < -0.3 is 14.6 Å². The number of hydrogen-bond donors (Lipinski definition) is 2. The smallest absolute Gasteiger partial charge is 0.259 e. The van der Waals surface area contributed by atoms with Gasteiger partial charge in [0.2, 0.25) is 0 Å². The van der Waals surface area contributed by atoms with Crippen molar-refractivity contribution in [1.82, 2.24) is 20.1 Å². The molecule has 1 aromatic carbocycles. The average Bonchev–Trinajstić information content (AvgIpc) is 3.12. The number of carbonyl (C=O) groups excluding carboxylic acids is 1. The highest BCUT2D eigenvalue weighted by Gasteiger charge is 2.25. The lowest BCUT2D eigenvalue weighted by atomic mass is 10.0. The number of H-pyrrole nitrogens is 2. The summed E-state index contributed by atoms with van der Waals surface area (Å²) in [4.78, 5) is 29.9. The number of pyridine rings is 1. The van der Waals surface area contributed by atoms with Crippen LogP contribution in [0, 0.1) is 6.92 Å². The second-order valence-corrected chi connectivity index (χ2v) is 6.77. The van der Waals surface area contributed by atoms with Crippen LogP contribution in [-0.2, 0) is 4.74 Å². The molecule has 26 heavy (non-hydrogen) atoms. The van der Waals surface area contributed by atoms with Crippen molar-refractivity contribution in [3.05, 3.63) is 39.8 Å². The molecule has 2 aromatic heterocycles. The summed E-state index contributed by atoms with van der Waals surface area (Å²) in [6.07, 6.45) is 3.48. The minimum Gasteiger partial charge on any atom is -0.378 e. The van der Waals surface area contributed by atoms with Crippen LogP contribution in [0.1, 0.15) is 35.7 Å². The van der Waals surface area contributed by atoms with E-state index in [9.17, 15) is 9.59 Å². The van der Waals surface area contributed by atoms with Crippen LogP contribution in [0.4, 0.5) is 0 Å². The number of piperidine rings is 1. The third-order valence-electron chi connectivity index (χ3n) is 5.13. The van der Waals surface area contributed by atoms with Gasteiger partial charge in [0.05, 0.1) is 28.7 Å². The quantitative estimate of drug-likeness (QED) is 0.755. The minimum absolute atomic E-state index is 0.0261. The maximum atomic E-state index is 13.1. The Morgan fingerprint density at radius 2 is 2.08 bits per heavy atom. The van der Waals surface area contributed by atoms with Gasteiger partial charge in [-0.1, -0.05) is 0 Å². The largest absolute Gasteiger partial charge is 0.378 e. The van der Waals surface area contributed by atoms with Gasteiger partial charge in [-0.3, -0.25) is 14.7 Å². The topological polar surface area (TPSA) is 91.1 Å². The van der Waals surface area contributed by atoms with Gasteiger partial charge in [-0.2, -0.15) is 5.10 Å². The number of likely N-dealkylation sites (tertiary alicyclic amines) is 1. The molecule has 1 aliphatic heterocycles. The molecule has 0 aliphatic carbocycles. The van der Waals surface area contributed by atoms with Crippen molar-refractivity contribution >= 4 is 27.7 Å². The Balaban J connectivity index is 1.70. The number of nitrogens with zero attached hydrogens (tertiary/aromatic N) is 2. The zero-order valence-electron chi connectivity index (χ0n) is 15.0. The molecule has 1 aliphatic rings. The fraction of sp³-hybridized carbons (Fsp3) is 0.421. The average molecular weight is 354 g/mol. The summed E-state index contributed by atoms with van der Waals surface area (Å²) < 4.78 is 5.67. The predicted octanol–water partition coefficient (Wildman–Crippen LogP) is 2.35. The van der Waals surface area contributed by atoms with Crippen molar-refractivity contribution in [2.45, 2.75) is 32.8 Å². The standard InChI is InChI=1S/C19H22N4O3/c1-3-26-12-4-6-23(7-5-12)19(25)13-9-14-16(8-11(13)2)21-18(24)15-10-20-22-17(14)15/h8-10,12H,3-7H2,1-2H3,(H,20,22)(H,21,24). The molecule has 7 nitrogen and oxygen atoms in total. The molecule has 4 rings (SSSR count). The van der Waals surface area contributed by atoms with Crippen LogP contribution < -0.4 is 5.56 Å². The van der Waals surface area contributed by atoms with Gasteiger partial charge in [0.15, 0.2) is 0 Å². The Morgan fingerprint density at radius 3 is 2.81 bits per heavy atom. The van der Waals surface area contributed by atoms with Crippen molar-refractivity contribution in [1.29, 1.82) is 0 Å². The first-order valence-electron chi connectivity index (χ1n) is 8.99. The Labute approximate surface area is 150 Å². The zero-order valence-corrected chi connectivity index (χ0v) is 15.0. The lowest BCUT2D eigenvalue weighted by Crippen LogP contribution is -2.41. The van der Waals surface area contributed by atoms with Crippen LogP contribution in [0.15, 0.2) is 23.1 Å². The predicted molar refractivity (Wildman–Crippen MR) is 99.5 cm³/mol. The molecule has 1 fully saturated rings. The number of fused-ring (bicyclic) bond motifs is 3. The van der Waals surface area contributed by atoms with E-state index in [1.165, 1.54) is 6.20 Å². The molecule has 2 N–H and O–H groups in total. The zero-order chi connectivity index (χ0) is 18.3. The summed E-state index contributed by atoms with van der Waals surface area (Å²) in [5, 5.41) is 8.15. The third kappa shape index (κ3) is 2.78. The number of aryl methyl sites for hydroxylation is 1. The normalized spacial score (nSPS) is 15.8. The molecule has 0 unspecified atom stereocenters. The molecule has 1 saturated heterocycles. The summed E-state index contributed by atoms with van der Waals surface area (Å²) in [6, 6.07) is 3.72. The van der Waals surface area contributed by atoms with Gasteiger partial charge in [-0.25, -0.2) is 0 Å². The van der Waals surface area contributed by atoms with Crippen LogP contribution in [0.2, 0.25) is 0 Å². The number of nitrogens with one attached hydrogen (secondary N) is 2. The van der Waals surface area contributed by atoms with Gasteiger partial charge in [0.25, 0.3) is 11.5 Å². The monoisotopic (exact) mass is 354 g/mol. The third-order valence-corrected chi connectivity index (χ3v) is 5.13. The Morgan fingerprint density at radius 1 is 1.31 bits per heavy atom. The number of aromatic nitrogens is 3. The number of carbonyl (C=O) groups is 1. The minimum atomic E-state index is -0.183. The highest BCUT2D eigenvalue weighted by molar-refractivity contribution is 6.07. The van der Waals surface area contributed by atoms with E-state index in [1.807, 2.05) is 30.9 Å². The van der Waals surface area contributed by atoms with E-state index in [1.54, 1.807) is 0 Å². The number of aromatic amines is 2. The van der Waals surface area contributed by atoms with Crippen molar-refractivity contribution in [2.75, 3.05) is 19.7 Å². The van der Waals surface area contributed by atoms with Crippen LogP contribution in [0.5, 0.6) is 0 Å². The maximum absolute atomic E-state index is 13.1. The molecule has 3 heterocycles.